The van der Waals surface area contributed by atoms with E-state index in [-0.39, 0.29) is 12.0 Å². The molecule has 1 aromatic rings. The van der Waals surface area contributed by atoms with Crippen LogP contribution in [0.2, 0.25) is 0 Å². The smallest absolute Gasteiger partial charge is 0.305 e. The van der Waals surface area contributed by atoms with Gasteiger partial charge >= 0.3 is 5.97 Å². The molecule has 5 heteroatoms. The predicted octanol–water partition coefficient (Wildman–Crippen LogP) is 0.228. The van der Waals surface area contributed by atoms with Gasteiger partial charge in [0.05, 0.1) is 18.2 Å². The van der Waals surface area contributed by atoms with E-state index < -0.39 is 5.97 Å². The fourth-order valence-corrected chi connectivity index (χ4v) is 1.93. The van der Waals surface area contributed by atoms with Crippen molar-refractivity contribution in [1.82, 2.24) is 10.6 Å². The SMILES string of the molecule is O=C(O)CC1(NCCc2ccco2)CNC1. The largest absolute Gasteiger partial charge is 0.481 e. The first-order valence-electron chi connectivity index (χ1n) is 5.40. The maximum Gasteiger partial charge on any atom is 0.305 e. The Morgan fingerprint density at radius 3 is 2.94 bits per heavy atom. The van der Waals surface area contributed by atoms with Crippen LogP contribution in [0.3, 0.4) is 0 Å². The van der Waals surface area contributed by atoms with Crippen LogP contribution in [0.5, 0.6) is 0 Å². The number of carboxylic acid groups (broad SMARTS) is 1. The molecule has 0 aromatic carbocycles. The minimum atomic E-state index is -0.757. The second-order valence-corrected chi connectivity index (χ2v) is 4.21. The molecule has 1 saturated heterocycles. The predicted molar refractivity (Wildman–Crippen MR) is 58.3 cm³/mol. The summed E-state index contributed by atoms with van der Waals surface area (Å²) in [6, 6.07) is 3.78. The fraction of sp³-hybridized carbons (Fsp3) is 0.545. The van der Waals surface area contributed by atoms with Crippen molar-refractivity contribution in [2.45, 2.75) is 18.4 Å². The molecule has 0 unspecified atom stereocenters. The highest BCUT2D eigenvalue weighted by molar-refractivity contribution is 5.68. The normalized spacial score (nSPS) is 18.0. The van der Waals surface area contributed by atoms with Crippen molar-refractivity contribution >= 4 is 5.97 Å². The number of hydrogen-bond donors (Lipinski definition) is 3. The summed E-state index contributed by atoms with van der Waals surface area (Å²) >= 11 is 0. The van der Waals surface area contributed by atoms with Crippen LogP contribution in [0, 0.1) is 0 Å². The van der Waals surface area contributed by atoms with Gasteiger partial charge in [-0.15, -0.1) is 0 Å². The third-order valence-corrected chi connectivity index (χ3v) is 2.87. The van der Waals surface area contributed by atoms with E-state index in [1.165, 1.54) is 0 Å². The maximum absolute atomic E-state index is 10.7. The summed E-state index contributed by atoms with van der Waals surface area (Å²) in [7, 11) is 0. The summed E-state index contributed by atoms with van der Waals surface area (Å²) < 4.78 is 5.21. The molecule has 0 bridgehead atoms. The second kappa shape index (κ2) is 4.67. The number of carboxylic acids is 1. The molecule has 0 amide bonds. The van der Waals surface area contributed by atoms with E-state index in [1.54, 1.807) is 6.26 Å². The summed E-state index contributed by atoms with van der Waals surface area (Å²) in [5.41, 5.74) is -0.265. The summed E-state index contributed by atoms with van der Waals surface area (Å²) in [4.78, 5) is 10.7. The van der Waals surface area contributed by atoms with Gasteiger partial charge in [-0.05, 0) is 12.1 Å². The molecule has 0 aliphatic carbocycles. The van der Waals surface area contributed by atoms with Crippen LogP contribution in [-0.2, 0) is 11.2 Å². The molecule has 1 aromatic heterocycles. The van der Waals surface area contributed by atoms with E-state index in [0.717, 1.165) is 31.8 Å². The molecule has 0 radical (unpaired) electrons. The van der Waals surface area contributed by atoms with Crippen LogP contribution in [0.15, 0.2) is 22.8 Å². The zero-order valence-corrected chi connectivity index (χ0v) is 9.03. The van der Waals surface area contributed by atoms with Crippen LogP contribution in [0.1, 0.15) is 12.2 Å². The van der Waals surface area contributed by atoms with Gasteiger partial charge in [-0.1, -0.05) is 0 Å². The zero-order valence-electron chi connectivity index (χ0n) is 9.03. The van der Waals surface area contributed by atoms with Crippen LogP contribution in [0.4, 0.5) is 0 Å². The topological polar surface area (TPSA) is 74.5 Å². The lowest BCUT2D eigenvalue weighted by atomic mass is 9.88. The van der Waals surface area contributed by atoms with Gasteiger partial charge in [-0.25, -0.2) is 0 Å². The molecule has 88 valence electrons. The molecule has 3 N–H and O–H groups in total. The van der Waals surface area contributed by atoms with Crippen molar-refractivity contribution < 1.29 is 14.3 Å². The van der Waals surface area contributed by atoms with E-state index >= 15 is 0 Å². The first-order chi connectivity index (χ1) is 7.70. The Morgan fingerprint density at radius 1 is 1.62 bits per heavy atom. The number of furan rings is 1. The van der Waals surface area contributed by atoms with Gasteiger partial charge in [-0.2, -0.15) is 0 Å². The van der Waals surface area contributed by atoms with E-state index in [1.807, 2.05) is 12.1 Å². The van der Waals surface area contributed by atoms with Gasteiger partial charge in [0.25, 0.3) is 0 Å². The molecule has 5 nitrogen and oxygen atoms in total. The molecule has 0 spiro atoms. The first-order valence-corrected chi connectivity index (χ1v) is 5.40. The Bertz CT molecular complexity index is 344. The van der Waals surface area contributed by atoms with Crippen molar-refractivity contribution in [3.05, 3.63) is 24.2 Å². The summed E-state index contributed by atoms with van der Waals surface area (Å²) in [5, 5.41) is 15.2. The molecule has 2 heterocycles. The average molecular weight is 224 g/mol. The lowest BCUT2D eigenvalue weighted by Gasteiger charge is -2.42. The maximum atomic E-state index is 10.7. The fourth-order valence-electron chi connectivity index (χ4n) is 1.93. The van der Waals surface area contributed by atoms with Crippen LogP contribution in [0.25, 0.3) is 0 Å². The van der Waals surface area contributed by atoms with Gasteiger partial charge in [0.15, 0.2) is 0 Å². The Kier molecular flexibility index (Phi) is 3.26. The highest BCUT2D eigenvalue weighted by atomic mass is 16.4. The molecule has 1 aliphatic heterocycles. The van der Waals surface area contributed by atoms with E-state index in [2.05, 4.69) is 10.6 Å². The van der Waals surface area contributed by atoms with E-state index in [0.29, 0.717) is 0 Å². The van der Waals surface area contributed by atoms with Crippen molar-refractivity contribution in [3.63, 3.8) is 0 Å². The molecular weight excluding hydrogens is 208 g/mol. The number of hydrogen-bond acceptors (Lipinski definition) is 4. The average Bonchev–Trinajstić information content (AvgIpc) is 2.66. The highest BCUT2D eigenvalue weighted by Gasteiger charge is 2.38. The lowest BCUT2D eigenvalue weighted by molar-refractivity contribution is -0.139. The third-order valence-electron chi connectivity index (χ3n) is 2.87. The summed E-state index contributed by atoms with van der Waals surface area (Å²) in [6.45, 7) is 2.18. The molecule has 0 atom stereocenters. The zero-order chi connectivity index (χ0) is 11.4. The van der Waals surface area contributed by atoms with E-state index in [4.69, 9.17) is 9.52 Å². The Labute approximate surface area is 93.8 Å². The third kappa shape index (κ3) is 2.62. The van der Waals surface area contributed by atoms with Crippen molar-refractivity contribution in [3.8, 4) is 0 Å². The van der Waals surface area contributed by atoms with Crippen LogP contribution >= 0.6 is 0 Å². The molecule has 1 fully saturated rings. The number of nitrogens with one attached hydrogen (secondary N) is 2. The highest BCUT2D eigenvalue weighted by Crippen LogP contribution is 2.15. The monoisotopic (exact) mass is 224 g/mol. The van der Waals surface area contributed by atoms with Gasteiger partial charge in [0.1, 0.15) is 5.76 Å². The number of aliphatic carboxylic acids is 1. The lowest BCUT2D eigenvalue weighted by Crippen LogP contribution is -2.68. The standard InChI is InChI=1S/C11H16N2O3/c14-10(15)6-11(7-12-8-11)13-4-3-9-2-1-5-16-9/h1-2,5,12-13H,3-4,6-8H2,(H,14,15). The molecule has 1 aliphatic rings. The quantitative estimate of drug-likeness (QED) is 0.645. The Hall–Kier alpha value is -1.33. The minimum Gasteiger partial charge on any atom is -0.481 e. The number of carbonyl (C=O) groups is 1. The Balaban J connectivity index is 1.77. The first kappa shape index (κ1) is 11.2. The molecule has 16 heavy (non-hydrogen) atoms. The minimum absolute atomic E-state index is 0.165. The summed E-state index contributed by atoms with van der Waals surface area (Å²) in [6.07, 6.45) is 2.60. The van der Waals surface area contributed by atoms with Crippen LogP contribution in [-0.4, -0.2) is 36.2 Å². The van der Waals surface area contributed by atoms with Gasteiger partial charge in [0.2, 0.25) is 0 Å². The summed E-state index contributed by atoms with van der Waals surface area (Å²) in [5.74, 6) is 0.164. The number of rotatable bonds is 6. The second-order valence-electron chi connectivity index (χ2n) is 4.21. The van der Waals surface area contributed by atoms with Crippen molar-refractivity contribution in [1.29, 1.82) is 0 Å². The van der Waals surface area contributed by atoms with Gasteiger partial charge in [0, 0.05) is 26.1 Å². The Morgan fingerprint density at radius 2 is 2.44 bits per heavy atom. The van der Waals surface area contributed by atoms with E-state index in [9.17, 15) is 4.79 Å². The van der Waals surface area contributed by atoms with Crippen molar-refractivity contribution in [2.24, 2.45) is 0 Å². The van der Waals surface area contributed by atoms with Gasteiger partial charge in [-0.3, -0.25) is 4.79 Å². The van der Waals surface area contributed by atoms with Crippen LogP contribution < -0.4 is 10.6 Å². The van der Waals surface area contributed by atoms with Crippen molar-refractivity contribution in [2.75, 3.05) is 19.6 Å². The molecule has 2 rings (SSSR count). The van der Waals surface area contributed by atoms with Gasteiger partial charge < -0.3 is 20.2 Å². The molecule has 0 saturated carbocycles. The molecular formula is C11H16N2O3.